The van der Waals surface area contributed by atoms with E-state index < -0.39 is 5.60 Å². The van der Waals surface area contributed by atoms with E-state index in [1.807, 2.05) is 0 Å². The highest BCUT2D eigenvalue weighted by molar-refractivity contribution is 5.48. The predicted molar refractivity (Wildman–Crippen MR) is 64.3 cm³/mol. The van der Waals surface area contributed by atoms with Gasteiger partial charge in [-0.15, -0.1) is 0 Å². The Hall–Kier alpha value is -1.60. The standard InChI is InChI=1S/C10H17N5O2/c11-7-5-8(15-9(12)14-7)13-6-10(16)1-3-17-4-2-10/h5,16H,1-4,6H2,(H5,11,12,13,14,15). The molecule has 2 heterocycles. The fourth-order valence-corrected chi connectivity index (χ4v) is 1.76. The smallest absolute Gasteiger partial charge is 0.223 e. The Balaban J connectivity index is 1.96. The van der Waals surface area contributed by atoms with Gasteiger partial charge in [0.15, 0.2) is 0 Å². The first-order valence-corrected chi connectivity index (χ1v) is 5.51. The van der Waals surface area contributed by atoms with Gasteiger partial charge in [-0.1, -0.05) is 0 Å². The molecule has 6 N–H and O–H groups in total. The number of anilines is 3. The number of ether oxygens (including phenoxy) is 1. The van der Waals surface area contributed by atoms with Crippen LogP contribution in [0.2, 0.25) is 0 Å². The van der Waals surface area contributed by atoms with Crippen LogP contribution in [0.25, 0.3) is 0 Å². The van der Waals surface area contributed by atoms with E-state index in [2.05, 4.69) is 15.3 Å². The van der Waals surface area contributed by atoms with Crippen LogP contribution in [0, 0.1) is 0 Å². The van der Waals surface area contributed by atoms with Crippen molar-refractivity contribution < 1.29 is 9.84 Å². The number of hydrogen-bond acceptors (Lipinski definition) is 7. The maximum Gasteiger partial charge on any atom is 0.223 e. The fourth-order valence-electron chi connectivity index (χ4n) is 1.76. The van der Waals surface area contributed by atoms with Gasteiger partial charge in [-0.2, -0.15) is 9.97 Å². The minimum Gasteiger partial charge on any atom is -0.388 e. The largest absolute Gasteiger partial charge is 0.388 e. The van der Waals surface area contributed by atoms with Crippen LogP contribution >= 0.6 is 0 Å². The lowest BCUT2D eigenvalue weighted by atomic mass is 9.94. The Labute approximate surface area is 99.2 Å². The first-order chi connectivity index (χ1) is 8.07. The molecule has 0 spiro atoms. The Morgan fingerprint density at radius 1 is 1.35 bits per heavy atom. The lowest BCUT2D eigenvalue weighted by Crippen LogP contribution is -2.42. The summed E-state index contributed by atoms with van der Waals surface area (Å²) in [5, 5.41) is 13.2. The molecule has 0 radical (unpaired) electrons. The number of nitrogens with zero attached hydrogens (tertiary/aromatic N) is 2. The van der Waals surface area contributed by atoms with E-state index in [0.29, 0.717) is 44.2 Å². The van der Waals surface area contributed by atoms with Gasteiger partial charge in [0, 0.05) is 38.7 Å². The summed E-state index contributed by atoms with van der Waals surface area (Å²) in [7, 11) is 0. The van der Waals surface area contributed by atoms with Crippen LogP contribution in [0.15, 0.2) is 6.07 Å². The lowest BCUT2D eigenvalue weighted by molar-refractivity contribution is -0.0543. The van der Waals surface area contributed by atoms with Gasteiger partial charge in [0.1, 0.15) is 11.6 Å². The summed E-state index contributed by atoms with van der Waals surface area (Å²) in [6, 6.07) is 1.58. The number of nitrogens with one attached hydrogen (secondary N) is 1. The summed E-state index contributed by atoms with van der Waals surface area (Å²) in [6.45, 7) is 1.55. The number of rotatable bonds is 3. The van der Waals surface area contributed by atoms with Crippen LogP contribution in [-0.4, -0.2) is 40.4 Å². The molecule has 1 fully saturated rings. The minimum absolute atomic E-state index is 0.117. The van der Waals surface area contributed by atoms with E-state index in [4.69, 9.17) is 16.2 Å². The van der Waals surface area contributed by atoms with Crippen LogP contribution in [0.1, 0.15) is 12.8 Å². The van der Waals surface area contributed by atoms with E-state index in [-0.39, 0.29) is 5.95 Å². The molecule has 0 bridgehead atoms. The zero-order chi connectivity index (χ0) is 12.3. The van der Waals surface area contributed by atoms with Crippen molar-refractivity contribution in [2.24, 2.45) is 0 Å². The van der Waals surface area contributed by atoms with Crippen LogP contribution in [-0.2, 0) is 4.74 Å². The van der Waals surface area contributed by atoms with Gasteiger partial charge in [0.05, 0.1) is 5.60 Å². The maximum atomic E-state index is 10.2. The van der Waals surface area contributed by atoms with Crippen molar-refractivity contribution in [3.63, 3.8) is 0 Å². The number of nitrogens with two attached hydrogens (primary N) is 2. The van der Waals surface area contributed by atoms with E-state index in [1.165, 1.54) is 0 Å². The van der Waals surface area contributed by atoms with Crippen molar-refractivity contribution in [2.45, 2.75) is 18.4 Å². The number of nitrogen functional groups attached to an aromatic ring is 2. The molecule has 0 atom stereocenters. The Kier molecular flexibility index (Phi) is 3.30. The second-order valence-electron chi connectivity index (χ2n) is 4.23. The van der Waals surface area contributed by atoms with Crippen molar-refractivity contribution >= 4 is 17.6 Å². The van der Waals surface area contributed by atoms with Gasteiger partial charge < -0.3 is 26.6 Å². The normalized spacial score (nSPS) is 18.9. The van der Waals surface area contributed by atoms with E-state index in [9.17, 15) is 5.11 Å². The zero-order valence-corrected chi connectivity index (χ0v) is 9.52. The molecule has 0 aromatic carbocycles. The molecule has 0 amide bonds. The second-order valence-corrected chi connectivity index (χ2v) is 4.23. The molecule has 1 aliphatic rings. The highest BCUT2D eigenvalue weighted by Gasteiger charge is 2.29. The Bertz CT molecular complexity index is 372. The maximum absolute atomic E-state index is 10.2. The van der Waals surface area contributed by atoms with Gasteiger partial charge in [-0.05, 0) is 0 Å². The van der Waals surface area contributed by atoms with Crippen molar-refractivity contribution in [1.82, 2.24) is 9.97 Å². The van der Waals surface area contributed by atoms with E-state index in [0.717, 1.165) is 0 Å². The van der Waals surface area contributed by atoms with Crippen LogP contribution in [0.5, 0.6) is 0 Å². The van der Waals surface area contributed by atoms with Crippen molar-refractivity contribution in [3.8, 4) is 0 Å². The summed E-state index contributed by atoms with van der Waals surface area (Å²) in [5.41, 5.74) is 10.3. The topological polar surface area (TPSA) is 119 Å². The molecule has 1 aromatic rings. The van der Waals surface area contributed by atoms with Gasteiger partial charge in [-0.3, -0.25) is 0 Å². The summed E-state index contributed by atoms with van der Waals surface area (Å²) in [4.78, 5) is 7.75. The van der Waals surface area contributed by atoms with Crippen molar-refractivity contribution in [2.75, 3.05) is 36.5 Å². The lowest BCUT2D eigenvalue weighted by Gasteiger charge is -2.32. The highest BCUT2D eigenvalue weighted by Crippen LogP contribution is 2.21. The SMILES string of the molecule is Nc1cc(NCC2(O)CCOCC2)nc(N)n1. The second kappa shape index (κ2) is 4.72. The Morgan fingerprint density at radius 3 is 2.71 bits per heavy atom. The zero-order valence-electron chi connectivity index (χ0n) is 9.52. The van der Waals surface area contributed by atoms with Crippen molar-refractivity contribution in [1.29, 1.82) is 0 Å². The van der Waals surface area contributed by atoms with Gasteiger partial charge in [-0.25, -0.2) is 0 Å². The molecule has 0 aliphatic carbocycles. The molecular formula is C10H17N5O2. The number of aromatic nitrogens is 2. The monoisotopic (exact) mass is 239 g/mol. The Morgan fingerprint density at radius 2 is 2.06 bits per heavy atom. The molecule has 7 heteroatoms. The van der Waals surface area contributed by atoms with E-state index in [1.54, 1.807) is 6.07 Å². The van der Waals surface area contributed by atoms with Crippen LogP contribution in [0.3, 0.4) is 0 Å². The van der Waals surface area contributed by atoms with Gasteiger partial charge in [0.25, 0.3) is 0 Å². The first-order valence-electron chi connectivity index (χ1n) is 5.51. The number of hydrogen-bond donors (Lipinski definition) is 4. The molecule has 2 rings (SSSR count). The van der Waals surface area contributed by atoms with Gasteiger partial charge in [0.2, 0.25) is 5.95 Å². The third-order valence-corrected chi connectivity index (χ3v) is 2.79. The predicted octanol–water partition coefficient (Wildman–Crippen LogP) is -0.406. The fraction of sp³-hybridized carbons (Fsp3) is 0.600. The third kappa shape index (κ3) is 3.18. The third-order valence-electron chi connectivity index (χ3n) is 2.79. The summed E-state index contributed by atoms with van der Waals surface area (Å²) >= 11 is 0. The molecule has 0 unspecified atom stereocenters. The minimum atomic E-state index is -0.757. The molecule has 1 saturated heterocycles. The van der Waals surface area contributed by atoms with Gasteiger partial charge >= 0.3 is 0 Å². The molecule has 1 aromatic heterocycles. The highest BCUT2D eigenvalue weighted by atomic mass is 16.5. The first kappa shape index (κ1) is 11.9. The number of aliphatic hydroxyl groups is 1. The van der Waals surface area contributed by atoms with E-state index >= 15 is 0 Å². The summed E-state index contributed by atoms with van der Waals surface area (Å²) in [6.07, 6.45) is 1.21. The average molecular weight is 239 g/mol. The molecule has 17 heavy (non-hydrogen) atoms. The summed E-state index contributed by atoms with van der Waals surface area (Å²) < 4.78 is 5.20. The molecule has 94 valence electrons. The molecule has 1 aliphatic heterocycles. The van der Waals surface area contributed by atoms with Crippen LogP contribution in [0.4, 0.5) is 17.6 Å². The quantitative estimate of drug-likeness (QED) is 0.566. The van der Waals surface area contributed by atoms with Crippen molar-refractivity contribution in [3.05, 3.63) is 6.07 Å². The van der Waals surface area contributed by atoms with Crippen LogP contribution < -0.4 is 16.8 Å². The summed E-state index contributed by atoms with van der Waals surface area (Å²) in [5.74, 6) is 0.945. The molecule has 0 saturated carbocycles. The average Bonchev–Trinajstić information content (AvgIpc) is 2.26. The molecular weight excluding hydrogens is 222 g/mol. The molecule has 7 nitrogen and oxygen atoms in total.